The van der Waals surface area contributed by atoms with Crippen LogP contribution in [0.5, 0.6) is 0 Å². The van der Waals surface area contributed by atoms with Crippen LogP contribution in [-0.4, -0.2) is 17.0 Å². The Balaban J connectivity index is 1.68. The van der Waals surface area contributed by atoms with Gasteiger partial charge in [-0.2, -0.15) is 0 Å². The van der Waals surface area contributed by atoms with E-state index in [2.05, 4.69) is 20.8 Å². The summed E-state index contributed by atoms with van der Waals surface area (Å²) in [6.07, 6.45) is 9.95. The number of Topliss-reactive ketones (excluding diaryl/α,β-unsaturated/α-hetero) is 1. The molecule has 124 valence electrons. The average molecular weight is 304 g/mol. The zero-order valence-electron chi connectivity index (χ0n) is 14.5. The lowest BCUT2D eigenvalue weighted by Crippen LogP contribution is -2.58. The Hall–Kier alpha value is -0.370. The van der Waals surface area contributed by atoms with Crippen LogP contribution in [0.1, 0.15) is 78.6 Å². The number of hydrogen-bond acceptors (Lipinski definition) is 2. The number of rotatable bonds is 0. The molecule has 0 radical (unpaired) electrons. The van der Waals surface area contributed by atoms with Gasteiger partial charge in [-0.25, -0.2) is 0 Å². The lowest BCUT2D eigenvalue weighted by molar-refractivity contribution is -0.169. The number of hydrogen-bond donors (Lipinski definition) is 1. The number of fused-ring (bicyclic) bond motifs is 5. The third-order valence-corrected chi connectivity index (χ3v) is 9.06. The van der Waals surface area contributed by atoms with Crippen molar-refractivity contribution in [3.63, 3.8) is 0 Å². The molecule has 4 saturated carbocycles. The summed E-state index contributed by atoms with van der Waals surface area (Å²) in [5, 5.41) is 10.2. The highest BCUT2D eigenvalue weighted by molar-refractivity contribution is 5.87. The fourth-order valence-electron chi connectivity index (χ4n) is 7.38. The number of aliphatic hydroxyl groups excluding tert-OH is 1. The van der Waals surface area contributed by atoms with Crippen molar-refractivity contribution in [3.8, 4) is 0 Å². The molecule has 1 N–H and O–H groups in total. The van der Waals surface area contributed by atoms with Crippen molar-refractivity contribution in [2.45, 2.75) is 84.7 Å². The highest BCUT2D eigenvalue weighted by Gasteiger charge is 2.63. The maximum Gasteiger partial charge on any atom is 0.139 e. The van der Waals surface area contributed by atoms with E-state index in [9.17, 15) is 9.90 Å². The summed E-state index contributed by atoms with van der Waals surface area (Å²) >= 11 is 0. The van der Waals surface area contributed by atoms with Crippen molar-refractivity contribution < 1.29 is 9.90 Å². The summed E-state index contributed by atoms with van der Waals surface area (Å²) in [4.78, 5) is 12.4. The summed E-state index contributed by atoms with van der Waals surface area (Å²) in [6.45, 7) is 7.23. The summed E-state index contributed by atoms with van der Waals surface area (Å²) in [5.41, 5.74) is 0.684. The van der Waals surface area contributed by atoms with Crippen LogP contribution >= 0.6 is 0 Å². The van der Waals surface area contributed by atoms with Gasteiger partial charge < -0.3 is 5.11 Å². The van der Waals surface area contributed by atoms with E-state index in [1.54, 1.807) is 0 Å². The minimum Gasteiger partial charge on any atom is -0.393 e. The van der Waals surface area contributed by atoms with Crippen molar-refractivity contribution in [3.05, 3.63) is 0 Å². The van der Waals surface area contributed by atoms with Gasteiger partial charge in [0.05, 0.1) is 6.10 Å². The number of carbonyl (C=O) groups excluding carboxylic acids is 1. The number of carbonyl (C=O) groups is 1. The van der Waals surface area contributed by atoms with Crippen molar-refractivity contribution in [2.75, 3.05) is 0 Å². The molecule has 22 heavy (non-hydrogen) atoms. The van der Waals surface area contributed by atoms with E-state index in [-0.39, 0.29) is 11.5 Å². The molecule has 0 amide bonds. The Kier molecular flexibility index (Phi) is 3.16. The van der Waals surface area contributed by atoms with Gasteiger partial charge in [-0.05, 0) is 80.0 Å². The monoisotopic (exact) mass is 304 g/mol. The maximum absolute atomic E-state index is 12.4. The third-order valence-electron chi connectivity index (χ3n) is 9.06. The van der Waals surface area contributed by atoms with Gasteiger partial charge in [-0.15, -0.1) is 0 Å². The second-order valence-electron chi connectivity index (χ2n) is 9.71. The van der Waals surface area contributed by atoms with Crippen molar-refractivity contribution >= 4 is 5.78 Å². The van der Waals surface area contributed by atoms with Crippen LogP contribution in [0.2, 0.25) is 0 Å². The smallest absolute Gasteiger partial charge is 0.139 e. The molecule has 0 aliphatic heterocycles. The minimum atomic E-state index is -0.0865. The number of ketones is 1. The highest BCUT2D eigenvalue weighted by atomic mass is 16.3. The van der Waals surface area contributed by atoms with Crippen LogP contribution < -0.4 is 0 Å². The molecule has 2 nitrogen and oxygen atoms in total. The molecule has 2 heteroatoms. The fraction of sp³-hybridized carbons (Fsp3) is 0.950. The standard InChI is InChI=1S/C20H32O2/c1-18-9-7-14-15-4-5-17(22)19(15,2)10-8-16(14)20(18,3)11-6-13(21)12-18/h13-16,21H,4-12H2,1-3H3/t13-,14-,15-,16-,18-,19+,20-/m1/s1. The lowest BCUT2D eigenvalue weighted by atomic mass is 9.40. The zero-order valence-corrected chi connectivity index (χ0v) is 14.5. The first kappa shape index (κ1) is 15.2. The van der Waals surface area contributed by atoms with Crippen LogP contribution in [0, 0.1) is 34.0 Å². The molecule has 4 aliphatic carbocycles. The Morgan fingerprint density at radius 3 is 2.50 bits per heavy atom. The van der Waals surface area contributed by atoms with Gasteiger partial charge in [0.1, 0.15) is 5.78 Å². The second kappa shape index (κ2) is 4.59. The van der Waals surface area contributed by atoms with Crippen molar-refractivity contribution in [2.24, 2.45) is 34.0 Å². The minimum absolute atomic E-state index is 0.000547. The first-order valence-electron chi connectivity index (χ1n) is 9.52. The van der Waals surface area contributed by atoms with E-state index >= 15 is 0 Å². The van der Waals surface area contributed by atoms with Gasteiger partial charge in [0.15, 0.2) is 0 Å². The van der Waals surface area contributed by atoms with E-state index in [0.717, 1.165) is 43.9 Å². The van der Waals surface area contributed by atoms with Crippen molar-refractivity contribution in [1.29, 1.82) is 0 Å². The molecule has 4 aliphatic rings. The fourth-order valence-corrected chi connectivity index (χ4v) is 7.38. The molecular formula is C20H32O2. The molecule has 4 rings (SSSR count). The molecule has 0 heterocycles. The van der Waals surface area contributed by atoms with Gasteiger partial charge in [0, 0.05) is 11.8 Å². The Bertz CT molecular complexity index is 500. The van der Waals surface area contributed by atoms with Gasteiger partial charge in [-0.3, -0.25) is 4.79 Å². The van der Waals surface area contributed by atoms with E-state index in [4.69, 9.17) is 0 Å². The average Bonchev–Trinajstić information content (AvgIpc) is 2.76. The second-order valence-corrected chi connectivity index (χ2v) is 9.71. The molecule has 0 saturated heterocycles. The maximum atomic E-state index is 12.4. The van der Waals surface area contributed by atoms with Crippen LogP contribution in [0.25, 0.3) is 0 Å². The van der Waals surface area contributed by atoms with E-state index in [1.165, 1.54) is 25.7 Å². The molecule has 4 fully saturated rings. The quantitative estimate of drug-likeness (QED) is 0.722. The van der Waals surface area contributed by atoms with Crippen LogP contribution in [-0.2, 0) is 4.79 Å². The van der Waals surface area contributed by atoms with Crippen molar-refractivity contribution in [1.82, 2.24) is 0 Å². The Morgan fingerprint density at radius 1 is 0.955 bits per heavy atom. The highest BCUT2D eigenvalue weighted by Crippen LogP contribution is 2.69. The lowest BCUT2D eigenvalue weighted by Gasteiger charge is -2.64. The van der Waals surface area contributed by atoms with E-state index in [1.807, 2.05) is 0 Å². The van der Waals surface area contributed by atoms with Gasteiger partial charge >= 0.3 is 0 Å². The molecule has 0 unspecified atom stereocenters. The first-order chi connectivity index (χ1) is 10.3. The number of aliphatic hydroxyl groups is 1. The van der Waals surface area contributed by atoms with E-state index < -0.39 is 0 Å². The van der Waals surface area contributed by atoms with Crippen LogP contribution in [0.4, 0.5) is 0 Å². The summed E-state index contributed by atoms with van der Waals surface area (Å²) in [5.74, 6) is 2.74. The topological polar surface area (TPSA) is 37.3 Å². The molecule has 0 aromatic rings. The summed E-state index contributed by atoms with van der Waals surface area (Å²) in [7, 11) is 0. The molecule has 7 atom stereocenters. The predicted molar refractivity (Wildman–Crippen MR) is 87.4 cm³/mol. The van der Waals surface area contributed by atoms with Crippen LogP contribution in [0.15, 0.2) is 0 Å². The predicted octanol–water partition coefficient (Wildman–Crippen LogP) is 4.35. The summed E-state index contributed by atoms with van der Waals surface area (Å²) in [6, 6.07) is 0. The van der Waals surface area contributed by atoms with Gasteiger partial charge in [0.2, 0.25) is 0 Å². The molecule has 0 bridgehead atoms. The van der Waals surface area contributed by atoms with E-state index in [0.29, 0.717) is 22.5 Å². The van der Waals surface area contributed by atoms with Gasteiger partial charge in [0.25, 0.3) is 0 Å². The zero-order chi connectivity index (χ0) is 15.8. The Labute approximate surface area is 135 Å². The molecular weight excluding hydrogens is 272 g/mol. The Morgan fingerprint density at radius 2 is 1.73 bits per heavy atom. The largest absolute Gasteiger partial charge is 0.393 e. The van der Waals surface area contributed by atoms with Gasteiger partial charge in [-0.1, -0.05) is 20.8 Å². The van der Waals surface area contributed by atoms with Crippen LogP contribution in [0.3, 0.4) is 0 Å². The normalized spacial score (nSPS) is 57.9. The molecule has 0 aromatic heterocycles. The SMILES string of the molecule is C[C@]12CC[C@@H]3[C@H]4CCC(=O)[C@@]4(C)CC[C@H]3[C@@]1(C)CC[C@@H](O)C2. The molecule has 0 aromatic carbocycles. The third kappa shape index (κ3) is 1.74. The summed E-state index contributed by atoms with van der Waals surface area (Å²) < 4.78 is 0. The first-order valence-corrected chi connectivity index (χ1v) is 9.52. The molecule has 0 spiro atoms.